The maximum atomic E-state index is 14.4. The average Bonchev–Trinajstić information content (AvgIpc) is 2.93. The largest absolute Gasteiger partial charge is 0.416 e. The molecule has 7 nitrogen and oxygen atoms in total. The van der Waals surface area contributed by atoms with Crippen LogP contribution in [-0.4, -0.2) is 62.1 Å². The van der Waals surface area contributed by atoms with E-state index in [4.69, 9.17) is 0 Å². The minimum absolute atomic E-state index is 0.0792. The number of carbonyl (C=O) groups excluding carboxylic acids is 3. The van der Waals surface area contributed by atoms with Crippen LogP contribution in [0.4, 0.5) is 13.2 Å². The molecule has 2 aromatic carbocycles. The molecule has 4 rings (SSSR count). The SMILES string of the molecule is CC(=O)N1C=C(c2ccccc2)N(N(C(C)=O)C(Cc2ccccc2)C(O)C(F)(F)F)C(=O)C1C1CCCCC1. The predicted octanol–water partition coefficient (Wildman–Crippen LogP) is 4.92. The Morgan fingerprint density at radius 2 is 1.55 bits per heavy atom. The van der Waals surface area contributed by atoms with E-state index >= 15 is 0 Å². The topological polar surface area (TPSA) is 81.2 Å². The number of hydrogen-bond donors (Lipinski definition) is 1. The van der Waals surface area contributed by atoms with Crippen LogP contribution in [0.2, 0.25) is 0 Å². The number of halogens is 3. The molecule has 1 aliphatic carbocycles. The summed E-state index contributed by atoms with van der Waals surface area (Å²) in [6.07, 6.45) is -2.89. The fourth-order valence-electron chi connectivity index (χ4n) is 5.75. The van der Waals surface area contributed by atoms with Crippen LogP contribution in [0.25, 0.3) is 5.70 Å². The zero-order valence-electron chi connectivity index (χ0n) is 22.6. The lowest BCUT2D eigenvalue weighted by Gasteiger charge is -2.49. The molecule has 2 aromatic rings. The molecular formula is C30H34F3N3O4. The van der Waals surface area contributed by atoms with Crippen molar-refractivity contribution in [3.8, 4) is 0 Å². The van der Waals surface area contributed by atoms with Gasteiger partial charge in [0.15, 0.2) is 6.10 Å². The van der Waals surface area contributed by atoms with Gasteiger partial charge >= 0.3 is 6.18 Å². The first-order valence-electron chi connectivity index (χ1n) is 13.5. The van der Waals surface area contributed by atoms with E-state index in [1.807, 2.05) is 0 Å². The smallest absolute Gasteiger partial charge is 0.382 e. The predicted molar refractivity (Wildman–Crippen MR) is 143 cm³/mol. The number of amides is 3. The van der Waals surface area contributed by atoms with Gasteiger partial charge in [0.05, 0.1) is 11.7 Å². The van der Waals surface area contributed by atoms with Gasteiger partial charge in [-0.2, -0.15) is 13.2 Å². The van der Waals surface area contributed by atoms with Crippen molar-refractivity contribution in [2.75, 3.05) is 0 Å². The van der Waals surface area contributed by atoms with Crippen LogP contribution in [0.15, 0.2) is 66.9 Å². The molecule has 0 saturated heterocycles. The van der Waals surface area contributed by atoms with E-state index in [-0.39, 0.29) is 23.9 Å². The number of alkyl halides is 3. The van der Waals surface area contributed by atoms with Gasteiger partial charge in [0.2, 0.25) is 11.8 Å². The van der Waals surface area contributed by atoms with Crippen LogP contribution < -0.4 is 0 Å². The molecule has 40 heavy (non-hydrogen) atoms. The normalized spacial score (nSPS) is 20.1. The maximum Gasteiger partial charge on any atom is 0.416 e. The molecule has 3 atom stereocenters. The molecular weight excluding hydrogens is 523 g/mol. The first kappa shape index (κ1) is 29.3. The number of aliphatic hydroxyl groups excluding tert-OH is 1. The number of hydrogen-bond acceptors (Lipinski definition) is 4. The fraction of sp³-hybridized carbons (Fsp3) is 0.433. The second-order valence-corrected chi connectivity index (χ2v) is 10.4. The van der Waals surface area contributed by atoms with Crippen LogP contribution in [0, 0.1) is 5.92 Å². The van der Waals surface area contributed by atoms with Crippen molar-refractivity contribution in [3.05, 3.63) is 78.0 Å². The Morgan fingerprint density at radius 3 is 2.08 bits per heavy atom. The molecule has 0 aromatic heterocycles. The van der Waals surface area contributed by atoms with Crippen molar-refractivity contribution in [2.45, 2.75) is 76.7 Å². The van der Waals surface area contributed by atoms with E-state index in [0.29, 0.717) is 24.0 Å². The minimum atomic E-state index is -5.07. The van der Waals surface area contributed by atoms with Gasteiger partial charge in [-0.1, -0.05) is 79.9 Å². The summed E-state index contributed by atoms with van der Waals surface area (Å²) in [5.74, 6) is -2.14. The van der Waals surface area contributed by atoms with E-state index in [1.54, 1.807) is 60.7 Å². The first-order valence-corrected chi connectivity index (χ1v) is 13.5. The highest BCUT2D eigenvalue weighted by Gasteiger charge is 2.52. The van der Waals surface area contributed by atoms with Crippen LogP contribution in [-0.2, 0) is 20.8 Å². The number of rotatable bonds is 7. The van der Waals surface area contributed by atoms with Crippen LogP contribution in [0.3, 0.4) is 0 Å². The Kier molecular flexibility index (Phi) is 8.98. The summed E-state index contributed by atoms with van der Waals surface area (Å²) in [4.78, 5) is 41.9. The third-order valence-corrected chi connectivity index (χ3v) is 7.62. The summed E-state index contributed by atoms with van der Waals surface area (Å²) in [6.45, 7) is 2.41. The lowest BCUT2D eigenvalue weighted by Crippen LogP contribution is -2.65. The molecule has 0 bridgehead atoms. The molecule has 3 unspecified atom stereocenters. The Bertz CT molecular complexity index is 1230. The molecule has 1 saturated carbocycles. The standard InChI is InChI=1S/C30H34F3N3O4/c1-20(37)34-19-26(23-14-8-4-9-15-23)36(29(40)27(34)24-16-10-5-11-17-24)35(21(2)38)25(28(39)30(31,32)33)18-22-12-6-3-7-13-22/h3-4,6-9,12-15,19,24-25,27-28,39H,5,10-11,16-18H2,1-2H3. The molecule has 1 aliphatic heterocycles. The third-order valence-electron chi connectivity index (χ3n) is 7.62. The molecule has 10 heteroatoms. The van der Waals surface area contributed by atoms with Gasteiger partial charge in [-0.3, -0.25) is 14.4 Å². The van der Waals surface area contributed by atoms with Gasteiger partial charge in [-0.25, -0.2) is 10.0 Å². The zero-order valence-corrected chi connectivity index (χ0v) is 22.6. The zero-order chi connectivity index (χ0) is 29.0. The lowest BCUT2D eigenvalue weighted by atomic mass is 9.82. The number of benzene rings is 2. The molecule has 1 fully saturated rings. The van der Waals surface area contributed by atoms with E-state index in [9.17, 15) is 32.7 Å². The molecule has 0 spiro atoms. The molecule has 0 radical (unpaired) electrons. The van der Waals surface area contributed by atoms with Crippen molar-refractivity contribution < 1.29 is 32.7 Å². The van der Waals surface area contributed by atoms with Crippen LogP contribution in [0.5, 0.6) is 0 Å². The summed E-state index contributed by atoms with van der Waals surface area (Å²) in [5.41, 5.74) is 0.955. The Morgan fingerprint density at radius 1 is 0.975 bits per heavy atom. The Balaban J connectivity index is 1.91. The number of hydrazine groups is 1. The van der Waals surface area contributed by atoms with E-state index in [0.717, 1.165) is 36.2 Å². The maximum absolute atomic E-state index is 14.4. The van der Waals surface area contributed by atoms with Gasteiger partial charge < -0.3 is 10.0 Å². The van der Waals surface area contributed by atoms with Crippen LogP contribution in [0.1, 0.15) is 57.1 Å². The van der Waals surface area contributed by atoms with Gasteiger partial charge in [0.1, 0.15) is 6.04 Å². The van der Waals surface area contributed by atoms with Gasteiger partial charge in [-0.05, 0) is 30.7 Å². The monoisotopic (exact) mass is 557 g/mol. The highest BCUT2D eigenvalue weighted by atomic mass is 19.4. The molecule has 214 valence electrons. The summed E-state index contributed by atoms with van der Waals surface area (Å²) < 4.78 is 42.3. The molecule has 2 aliphatic rings. The van der Waals surface area contributed by atoms with Crippen molar-refractivity contribution in [1.82, 2.24) is 14.9 Å². The molecule has 3 amide bonds. The van der Waals surface area contributed by atoms with Crippen molar-refractivity contribution in [2.24, 2.45) is 5.92 Å². The van der Waals surface area contributed by atoms with E-state index < -0.39 is 36.2 Å². The Labute approximate surface area is 231 Å². The summed E-state index contributed by atoms with van der Waals surface area (Å²) in [5, 5.41) is 12.3. The molecule has 1 heterocycles. The summed E-state index contributed by atoms with van der Waals surface area (Å²) >= 11 is 0. The quantitative estimate of drug-likeness (QED) is 0.524. The average molecular weight is 558 g/mol. The summed E-state index contributed by atoms with van der Waals surface area (Å²) in [6, 6.07) is 13.8. The fourth-order valence-corrected chi connectivity index (χ4v) is 5.75. The van der Waals surface area contributed by atoms with E-state index in [1.165, 1.54) is 18.0 Å². The number of nitrogens with zero attached hydrogens (tertiary/aromatic N) is 3. The number of aliphatic hydroxyl groups is 1. The van der Waals surface area contributed by atoms with Crippen LogP contribution >= 0.6 is 0 Å². The minimum Gasteiger partial charge on any atom is -0.382 e. The Hall–Kier alpha value is -3.66. The van der Waals surface area contributed by atoms with Crippen molar-refractivity contribution in [3.63, 3.8) is 0 Å². The van der Waals surface area contributed by atoms with Gasteiger partial charge in [0.25, 0.3) is 5.91 Å². The first-order chi connectivity index (χ1) is 19.0. The van der Waals surface area contributed by atoms with E-state index in [2.05, 4.69) is 0 Å². The highest BCUT2D eigenvalue weighted by Crippen LogP contribution is 2.38. The van der Waals surface area contributed by atoms with Gasteiger partial charge in [-0.15, -0.1) is 0 Å². The molecule has 1 N–H and O–H groups in total. The van der Waals surface area contributed by atoms with Crippen molar-refractivity contribution in [1.29, 1.82) is 0 Å². The summed E-state index contributed by atoms with van der Waals surface area (Å²) in [7, 11) is 0. The van der Waals surface area contributed by atoms with Gasteiger partial charge in [0, 0.05) is 25.6 Å². The lowest BCUT2D eigenvalue weighted by molar-refractivity contribution is -0.232. The third kappa shape index (κ3) is 6.22. The second-order valence-electron chi connectivity index (χ2n) is 10.4. The second kappa shape index (κ2) is 12.2. The highest BCUT2D eigenvalue weighted by molar-refractivity contribution is 5.98. The van der Waals surface area contributed by atoms with Crippen molar-refractivity contribution >= 4 is 23.4 Å². The number of carbonyl (C=O) groups is 3.